The lowest BCUT2D eigenvalue weighted by Gasteiger charge is -2.23. The third-order valence-electron chi connectivity index (χ3n) is 3.46. The number of benzene rings is 1. The molecule has 1 saturated heterocycles. The van der Waals surface area contributed by atoms with Gasteiger partial charge in [0.2, 0.25) is 0 Å². The van der Waals surface area contributed by atoms with Crippen molar-refractivity contribution in [3.63, 3.8) is 0 Å². The molecule has 3 N–H and O–H groups in total. The molecule has 18 heavy (non-hydrogen) atoms. The molecule has 1 aliphatic rings. The minimum absolute atomic E-state index is 0.0179. The molecule has 0 radical (unpaired) electrons. The van der Waals surface area contributed by atoms with Gasteiger partial charge in [-0.1, -0.05) is 12.1 Å². The Morgan fingerprint density at radius 3 is 3.06 bits per heavy atom. The Morgan fingerprint density at radius 1 is 1.50 bits per heavy atom. The summed E-state index contributed by atoms with van der Waals surface area (Å²) in [6.07, 6.45) is 2.65. The van der Waals surface area contributed by atoms with E-state index < -0.39 is 0 Å². The van der Waals surface area contributed by atoms with Gasteiger partial charge in [0, 0.05) is 12.1 Å². The number of aliphatic hydroxyl groups is 1. The summed E-state index contributed by atoms with van der Waals surface area (Å²) in [6, 6.07) is 7.59. The van der Waals surface area contributed by atoms with Crippen molar-refractivity contribution in [1.29, 1.82) is 0 Å². The van der Waals surface area contributed by atoms with Gasteiger partial charge in [-0.15, -0.1) is 0 Å². The number of carbonyl (C=O) groups excluding carboxylic acids is 1. The van der Waals surface area contributed by atoms with Crippen molar-refractivity contribution in [2.45, 2.75) is 25.3 Å². The highest BCUT2D eigenvalue weighted by atomic mass is 16.3. The van der Waals surface area contributed by atoms with Crippen LogP contribution in [0.25, 0.3) is 0 Å². The summed E-state index contributed by atoms with van der Waals surface area (Å²) >= 11 is 0. The van der Waals surface area contributed by atoms with Gasteiger partial charge in [0.05, 0.1) is 12.6 Å². The van der Waals surface area contributed by atoms with E-state index in [1.54, 1.807) is 4.90 Å². The van der Waals surface area contributed by atoms with Crippen LogP contribution in [-0.4, -0.2) is 41.7 Å². The fourth-order valence-corrected chi connectivity index (χ4v) is 2.49. The summed E-state index contributed by atoms with van der Waals surface area (Å²) in [6.45, 7) is 1.38. The van der Waals surface area contributed by atoms with E-state index in [1.807, 2.05) is 24.3 Å². The summed E-state index contributed by atoms with van der Waals surface area (Å²) in [4.78, 5) is 14.1. The van der Waals surface area contributed by atoms with E-state index in [1.165, 1.54) is 0 Å². The molecule has 1 aliphatic heterocycles. The predicted octanol–water partition coefficient (Wildman–Crippen LogP) is 0.785. The zero-order valence-corrected chi connectivity index (χ0v) is 10.5. The number of amides is 1. The maximum atomic E-state index is 12.4. The van der Waals surface area contributed by atoms with Crippen LogP contribution in [0.4, 0.5) is 0 Å². The Bertz CT molecular complexity index is 420. The third kappa shape index (κ3) is 2.71. The van der Waals surface area contributed by atoms with Gasteiger partial charge < -0.3 is 15.7 Å². The van der Waals surface area contributed by atoms with Gasteiger partial charge in [-0.25, -0.2) is 0 Å². The fraction of sp³-hybridized carbons (Fsp3) is 0.500. The normalized spacial score (nSPS) is 19.2. The molecule has 0 spiro atoms. The second-order valence-electron chi connectivity index (χ2n) is 4.72. The molecule has 0 bridgehead atoms. The van der Waals surface area contributed by atoms with E-state index in [9.17, 15) is 9.90 Å². The molecule has 0 unspecified atom stereocenters. The molecule has 0 aliphatic carbocycles. The summed E-state index contributed by atoms with van der Waals surface area (Å²) in [5.74, 6) is 0.0189. The number of aliphatic hydroxyl groups excluding tert-OH is 1. The van der Waals surface area contributed by atoms with E-state index in [-0.39, 0.29) is 18.6 Å². The van der Waals surface area contributed by atoms with Crippen LogP contribution in [0.5, 0.6) is 0 Å². The average Bonchev–Trinajstić information content (AvgIpc) is 2.87. The van der Waals surface area contributed by atoms with E-state index >= 15 is 0 Å². The zero-order chi connectivity index (χ0) is 13.0. The minimum Gasteiger partial charge on any atom is -0.394 e. The van der Waals surface area contributed by atoms with E-state index in [2.05, 4.69) is 0 Å². The van der Waals surface area contributed by atoms with Crippen LogP contribution < -0.4 is 5.73 Å². The van der Waals surface area contributed by atoms with E-state index in [4.69, 9.17) is 5.73 Å². The lowest BCUT2D eigenvalue weighted by atomic mass is 10.1. The highest BCUT2D eigenvalue weighted by molar-refractivity contribution is 5.94. The second kappa shape index (κ2) is 5.98. The average molecular weight is 248 g/mol. The fourth-order valence-electron chi connectivity index (χ4n) is 2.49. The van der Waals surface area contributed by atoms with Crippen LogP contribution in [0, 0.1) is 0 Å². The van der Waals surface area contributed by atoms with Crippen LogP contribution >= 0.6 is 0 Å². The van der Waals surface area contributed by atoms with Gasteiger partial charge in [-0.2, -0.15) is 0 Å². The highest BCUT2D eigenvalue weighted by Crippen LogP contribution is 2.20. The molecular weight excluding hydrogens is 228 g/mol. The number of hydrogen-bond acceptors (Lipinski definition) is 3. The molecule has 98 valence electrons. The summed E-state index contributed by atoms with van der Waals surface area (Å²) in [5.41, 5.74) is 7.31. The molecule has 1 aromatic rings. The second-order valence-corrected chi connectivity index (χ2v) is 4.72. The molecule has 1 amide bonds. The summed E-state index contributed by atoms with van der Waals surface area (Å²) in [5, 5.41) is 9.26. The lowest BCUT2D eigenvalue weighted by molar-refractivity contribution is 0.0677. The first-order chi connectivity index (χ1) is 8.76. The Kier molecular flexibility index (Phi) is 4.33. The Labute approximate surface area is 107 Å². The van der Waals surface area contributed by atoms with Crippen molar-refractivity contribution in [3.8, 4) is 0 Å². The molecule has 1 atom stereocenters. The molecule has 0 saturated carbocycles. The number of carbonyl (C=O) groups is 1. The maximum Gasteiger partial charge on any atom is 0.254 e. The number of nitrogens with two attached hydrogens (primary N) is 1. The number of rotatable bonds is 4. The van der Waals surface area contributed by atoms with Crippen LogP contribution in [-0.2, 0) is 6.42 Å². The largest absolute Gasteiger partial charge is 0.394 e. The molecule has 4 heteroatoms. The smallest absolute Gasteiger partial charge is 0.254 e. The first kappa shape index (κ1) is 13.1. The van der Waals surface area contributed by atoms with Crippen molar-refractivity contribution in [1.82, 2.24) is 4.90 Å². The van der Waals surface area contributed by atoms with Crippen molar-refractivity contribution in [2.75, 3.05) is 19.7 Å². The number of nitrogens with zero attached hydrogens (tertiary/aromatic N) is 1. The standard InChI is InChI=1S/C14H20N2O2/c15-7-6-11-3-1-4-12(9-11)14(18)16-8-2-5-13(16)10-17/h1,3-4,9,13,17H,2,5-8,10,15H2/t13-/m0/s1. The van der Waals surface area contributed by atoms with Crippen molar-refractivity contribution in [3.05, 3.63) is 35.4 Å². The first-order valence-electron chi connectivity index (χ1n) is 6.47. The summed E-state index contributed by atoms with van der Waals surface area (Å²) in [7, 11) is 0. The predicted molar refractivity (Wildman–Crippen MR) is 70.3 cm³/mol. The van der Waals surface area contributed by atoms with Gasteiger partial charge >= 0.3 is 0 Å². The SMILES string of the molecule is NCCc1cccc(C(=O)N2CCC[C@H]2CO)c1. The van der Waals surface area contributed by atoms with Crippen LogP contribution in [0.1, 0.15) is 28.8 Å². The van der Waals surface area contributed by atoms with Gasteiger partial charge in [-0.3, -0.25) is 4.79 Å². The number of likely N-dealkylation sites (tertiary alicyclic amines) is 1. The molecule has 2 rings (SSSR count). The lowest BCUT2D eigenvalue weighted by Crippen LogP contribution is -2.37. The maximum absolute atomic E-state index is 12.4. The molecule has 1 aromatic carbocycles. The van der Waals surface area contributed by atoms with Gasteiger partial charge in [0.15, 0.2) is 0 Å². The van der Waals surface area contributed by atoms with E-state index in [0.29, 0.717) is 12.1 Å². The van der Waals surface area contributed by atoms with Crippen molar-refractivity contribution < 1.29 is 9.90 Å². The topological polar surface area (TPSA) is 66.6 Å². The van der Waals surface area contributed by atoms with Gasteiger partial charge in [0.25, 0.3) is 5.91 Å². The Balaban J connectivity index is 2.15. The number of hydrogen-bond donors (Lipinski definition) is 2. The van der Waals surface area contributed by atoms with Crippen LogP contribution in [0.2, 0.25) is 0 Å². The third-order valence-corrected chi connectivity index (χ3v) is 3.46. The first-order valence-corrected chi connectivity index (χ1v) is 6.47. The molecular formula is C14H20N2O2. The molecule has 4 nitrogen and oxygen atoms in total. The highest BCUT2D eigenvalue weighted by Gasteiger charge is 2.28. The molecule has 1 heterocycles. The van der Waals surface area contributed by atoms with Crippen molar-refractivity contribution in [2.24, 2.45) is 5.73 Å². The zero-order valence-electron chi connectivity index (χ0n) is 10.5. The van der Waals surface area contributed by atoms with E-state index in [0.717, 1.165) is 31.4 Å². The quantitative estimate of drug-likeness (QED) is 0.827. The monoisotopic (exact) mass is 248 g/mol. The Hall–Kier alpha value is -1.39. The summed E-state index contributed by atoms with van der Waals surface area (Å²) < 4.78 is 0. The van der Waals surface area contributed by atoms with Crippen LogP contribution in [0.15, 0.2) is 24.3 Å². The minimum atomic E-state index is -0.0179. The molecule has 0 aromatic heterocycles. The van der Waals surface area contributed by atoms with Gasteiger partial charge in [-0.05, 0) is 43.5 Å². The molecule has 1 fully saturated rings. The van der Waals surface area contributed by atoms with Gasteiger partial charge in [0.1, 0.15) is 0 Å². The Morgan fingerprint density at radius 2 is 2.33 bits per heavy atom. The van der Waals surface area contributed by atoms with Crippen molar-refractivity contribution >= 4 is 5.91 Å². The van der Waals surface area contributed by atoms with Crippen LogP contribution in [0.3, 0.4) is 0 Å².